The van der Waals surface area contributed by atoms with Crippen LogP contribution in [-0.4, -0.2) is 50.5 Å². The number of benzene rings is 2. The van der Waals surface area contributed by atoms with Gasteiger partial charge in [0, 0.05) is 27.6 Å². The summed E-state index contributed by atoms with van der Waals surface area (Å²) in [5.74, 6) is -0.873. The monoisotopic (exact) mass is 605 g/mol. The zero-order valence-corrected chi connectivity index (χ0v) is 24.1. The van der Waals surface area contributed by atoms with Crippen LogP contribution in [0.2, 0.25) is 10.0 Å². The molecule has 0 aliphatic rings. The molecule has 0 saturated heterocycles. The van der Waals surface area contributed by atoms with Crippen LogP contribution in [0.1, 0.15) is 37.8 Å². The third-order valence-electron chi connectivity index (χ3n) is 5.46. The largest absolute Gasteiger partial charge is 0.354 e. The summed E-state index contributed by atoms with van der Waals surface area (Å²) in [4.78, 5) is 27.7. The first-order valence-corrected chi connectivity index (χ1v) is 14.5. The second-order valence-corrected chi connectivity index (χ2v) is 11.9. The topological polar surface area (TPSA) is 86.8 Å². The fourth-order valence-corrected chi connectivity index (χ4v) is 4.91. The van der Waals surface area contributed by atoms with Crippen molar-refractivity contribution in [1.29, 1.82) is 0 Å². The van der Waals surface area contributed by atoms with Gasteiger partial charge in [0.2, 0.25) is 21.8 Å². The number of nitrogens with one attached hydrogen (secondary N) is 1. The standard InChI is InChI=1S/C24H30BrCl2N3O4S/c1-5-6-11-28-24(32)17(3)29(14-18-7-8-19(26)13-22(18)27)23(31)15-30(35(4,33)34)20-9-10-21(25)16(2)12-20/h7-10,12-13,17H,5-6,11,14-15H2,1-4H3,(H,28,32)/t17-/m1/s1. The summed E-state index contributed by atoms with van der Waals surface area (Å²) < 4.78 is 27.1. The average Bonchev–Trinajstić information content (AvgIpc) is 2.77. The van der Waals surface area contributed by atoms with E-state index in [2.05, 4.69) is 21.2 Å². The van der Waals surface area contributed by atoms with Gasteiger partial charge in [-0.25, -0.2) is 8.42 Å². The number of anilines is 1. The maximum Gasteiger partial charge on any atom is 0.244 e. The molecule has 1 N–H and O–H groups in total. The van der Waals surface area contributed by atoms with Crippen LogP contribution in [-0.2, 0) is 26.2 Å². The number of halogens is 3. The highest BCUT2D eigenvalue weighted by Gasteiger charge is 2.30. The quantitative estimate of drug-likeness (QED) is 0.358. The minimum absolute atomic E-state index is 0.00810. The van der Waals surface area contributed by atoms with Gasteiger partial charge in [-0.05, 0) is 61.7 Å². The summed E-state index contributed by atoms with van der Waals surface area (Å²) in [6.07, 6.45) is 2.76. The molecular weight excluding hydrogens is 577 g/mol. The van der Waals surface area contributed by atoms with Crippen molar-refractivity contribution >= 4 is 66.7 Å². The maximum atomic E-state index is 13.5. The molecule has 0 fully saturated rings. The molecule has 0 aliphatic carbocycles. The molecule has 0 radical (unpaired) electrons. The van der Waals surface area contributed by atoms with Gasteiger partial charge < -0.3 is 10.2 Å². The molecule has 0 aliphatic heterocycles. The van der Waals surface area contributed by atoms with Crippen LogP contribution < -0.4 is 9.62 Å². The van der Waals surface area contributed by atoms with E-state index in [1.54, 1.807) is 43.3 Å². The molecular formula is C24H30BrCl2N3O4S. The van der Waals surface area contributed by atoms with Crippen molar-refractivity contribution in [3.8, 4) is 0 Å². The number of hydrogen-bond donors (Lipinski definition) is 1. The smallest absolute Gasteiger partial charge is 0.244 e. The third kappa shape index (κ3) is 8.37. The van der Waals surface area contributed by atoms with Crippen LogP contribution in [0.4, 0.5) is 5.69 Å². The number of carbonyl (C=O) groups excluding carboxylic acids is 2. The van der Waals surface area contributed by atoms with E-state index in [0.717, 1.165) is 33.4 Å². The first kappa shape index (κ1) is 29.4. The van der Waals surface area contributed by atoms with E-state index in [9.17, 15) is 18.0 Å². The Balaban J connectivity index is 2.40. The molecule has 0 unspecified atom stereocenters. The van der Waals surface area contributed by atoms with Crippen molar-refractivity contribution < 1.29 is 18.0 Å². The Morgan fingerprint density at radius 1 is 1.14 bits per heavy atom. The lowest BCUT2D eigenvalue weighted by Gasteiger charge is -2.31. The third-order valence-corrected chi connectivity index (χ3v) is 8.08. The SMILES string of the molecule is CCCCNC(=O)[C@@H](C)N(Cc1ccc(Cl)cc1Cl)C(=O)CN(c1ccc(Br)c(C)c1)S(C)(=O)=O. The number of nitrogens with zero attached hydrogens (tertiary/aromatic N) is 2. The van der Waals surface area contributed by atoms with Gasteiger partial charge in [-0.1, -0.05) is 58.5 Å². The van der Waals surface area contributed by atoms with Crippen molar-refractivity contribution in [2.24, 2.45) is 0 Å². The average molecular weight is 607 g/mol. The zero-order chi connectivity index (χ0) is 26.3. The molecule has 7 nitrogen and oxygen atoms in total. The highest BCUT2D eigenvalue weighted by molar-refractivity contribution is 9.10. The number of amides is 2. The molecule has 1 atom stereocenters. The van der Waals surface area contributed by atoms with Crippen LogP contribution in [0.15, 0.2) is 40.9 Å². The van der Waals surface area contributed by atoms with Crippen LogP contribution in [0, 0.1) is 6.92 Å². The molecule has 0 heterocycles. The number of aryl methyl sites for hydroxylation is 1. The van der Waals surface area contributed by atoms with Crippen molar-refractivity contribution in [2.75, 3.05) is 23.7 Å². The van der Waals surface area contributed by atoms with Crippen LogP contribution >= 0.6 is 39.1 Å². The summed E-state index contributed by atoms with van der Waals surface area (Å²) in [5, 5.41) is 3.62. The van der Waals surface area contributed by atoms with Gasteiger partial charge >= 0.3 is 0 Å². The van der Waals surface area contributed by atoms with Crippen LogP contribution in [0.5, 0.6) is 0 Å². The Morgan fingerprint density at radius 3 is 2.40 bits per heavy atom. The number of sulfonamides is 1. The van der Waals surface area contributed by atoms with Crippen LogP contribution in [0.3, 0.4) is 0 Å². The summed E-state index contributed by atoms with van der Waals surface area (Å²) >= 11 is 15.7. The minimum Gasteiger partial charge on any atom is -0.354 e. The van der Waals surface area contributed by atoms with Crippen LogP contribution in [0.25, 0.3) is 0 Å². The van der Waals surface area contributed by atoms with Gasteiger partial charge in [0.05, 0.1) is 11.9 Å². The lowest BCUT2D eigenvalue weighted by atomic mass is 10.1. The Labute approximate surface area is 225 Å². The zero-order valence-electron chi connectivity index (χ0n) is 20.1. The molecule has 0 spiro atoms. The maximum absolute atomic E-state index is 13.5. The van der Waals surface area contributed by atoms with Crippen molar-refractivity contribution in [2.45, 2.75) is 46.2 Å². The summed E-state index contributed by atoms with van der Waals surface area (Å²) in [6.45, 7) is 5.46. The lowest BCUT2D eigenvalue weighted by molar-refractivity contribution is -0.139. The molecule has 192 valence electrons. The van der Waals surface area contributed by atoms with Gasteiger partial charge in [-0.15, -0.1) is 0 Å². The van der Waals surface area contributed by atoms with Crippen molar-refractivity contribution in [1.82, 2.24) is 10.2 Å². The highest BCUT2D eigenvalue weighted by atomic mass is 79.9. The normalized spacial score (nSPS) is 12.2. The Hall–Kier alpha value is -1.81. The van der Waals surface area contributed by atoms with E-state index in [0.29, 0.717) is 27.8 Å². The van der Waals surface area contributed by atoms with Gasteiger partial charge in [0.25, 0.3) is 0 Å². The molecule has 2 rings (SSSR count). The van der Waals surface area contributed by atoms with Gasteiger partial charge in [0.15, 0.2) is 0 Å². The second kappa shape index (κ2) is 12.9. The Kier molecular flexibility index (Phi) is 10.9. The molecule has 2 aromatic carbocycles. The Bertz CT molecular complexity index is 1180. The summed E-state index contributed by atoms with van der Waals surface area (Å²) in [5.41, 5.74) is 1.76. The number of hydrogen-bond acceptors (Lipinski definition) is 4. The second-order valence-electron chi connectivity index (χ2n) is 8.28. The highest BCUT2D eigenvalue weighted by Crippen LogP contribution is 2.26. The molecule has 0 aromatic heterocycles. The van der Waals surface area contributed by atoms with E-state index in [1.165, 1.54) is 4.90 Å². The van der Waals surface area contributed by atoms with E-state index >= 15 is 0 Å². The lowest BCUT2D eigenvalue weighted by Crippen LogP contribution is -2.51. The van der Waals surface area contributed by atoms with Crippen molar-refractivity contribution in [3.63, 3.8) is 0 Å². The number of unbranched alkanes of at least 4 members (excludes halogenated alkanes) is 1. The van der Waals surface area contributed by atoms with E-state index in [1.807, 2.05) is 13.8 Å². The summed E-state index contributed by atoms with van der Waals surface area (Å²) in [7, 11) is -3.80. The van der Waals surface area contributed by atoms with E-state index < -0.39 is 28.5 Å². The molecule has 2 amide bonds. The molecule has 0 saturated carbocycles. The molecule has 11 heteroatoms. The van der Waals surface area contributed by atoms with E-state index in [4.69, 9.17) is 23.2 Å². The van der Waals surface area contributed by atoms with Crippen molar-refractivity contribution in [3.05, 3.63) is 62.0 Å². The first-order valence-electron chi connectivity index (χ1n) is 11.1. The first-order chi connectivity index (χ1) is 16.3. The molecule has 0 bridgehead atoms. The predicted octanol–water partition coefficient (Wildman–Crippen LogP) is 5.16. The Morgan fingerprint density at radius 2 is 1.83 bits per heavy atom. The number of carbonyl (C=O) groups is 2. The molecule has 2 aromatic rings. The summed E-state index contributed by atoms with van der Waals surface area (Å²) in [6, 6.07) is 9.04. The number of rotatable bonds is 11. The van der Waals surface area contributed by atoms with Gasteiger partial charge in [-0.3, -0.25) is 13.9 Å². The fourth-order valence-electron chi connectivity index (χ4n) is 3.35. The minimum atomic E-state index is -3.80. The van der Waals surface area contributed by atoms with E-state index in [-0.39, 0.29) is 12.5 Å². The van der Waals surface area contributed by atoms with Gasteiger partial charge in [-0.2, -0.15) is 0 Å². The molecule has 35 heavy (non-hydrogen) atoms. The van der Waals surface area contributed by atoms with Gasteiger partial charge in [0.1, 0.15) is 12.6 Å². The predicted molar refractivity (Wildman–Crippen MR) is 145 cm³/mol. The fraction of sp³-hybridized carbons (Fsp3) is 0.417.